The molecule has 1 aromatic rings. The van der Waals surface area contributed by atoms with E-state index in [9.17, 15) is 0 Å². The highest BCUT2D eigenvalue weighted by Crippen LogP contribution is 2.33. The van der Waals surface area contributed by atoms with E-state index in [1.165, 1.54) is 34.6 Å². The summed E-state index contributed by atoms with van der Waals surface area (Å²) in [5.74, 6) is 7.98. The molecule has 1 aliphatic carbocycles. The van der Waals surface area contributed by atoms with Crippen LogP contribution in [0.2, 0.25) is 0 Å². The van der Waals surface area contributed by atoms with Crippen LogP contribution in [0.15, 0.2) is 6.07 Å². The summed E-state index contributed by atoms with van der Waals surface area (Å²) >= 11 is 1.79. The molecule has 1 aromatic heterocycles. The summed E-state index contributed by atoms with van der Waals surface area (Å²) in [5, 5.41) is 0. The predicted octanol–water partition coefficient (Wildman–Crippen LogP) is 1.37. The Balaban J connectivity index is 2.28. The van der Waals surface area contributed by atoms with Crippen molar-refractivity contribution in [2.45, 2.75) is 25.3 Å². The van der Waals surface area contributed by atoms with Gasteiger partial charge in [0, 0.05) is 9.75 Å². The van der Waals surface area contributed by atoms with Crippen LogP contribution in [0.1, 0.15) is 27.8 Å². The summed E-state index contributed by atoms with van der Waals surface area (Å²) < 4.78 is 0. The third-order valence-corrected chi connectivity index (χ3v) is 3.69. The van der Waals surface area contributed by atoms with Crippen LogP contribution in [0.3, 0.4) is 0 Å². The molecule has 1 heterocycles. The average molecular weight is 192 g/mol. The zero-order valence-corrected chi connectivity index (χ0v) is 8.16. The van der Waals surface area contributed by atoms with Crippen LogP contribution in [0.25, 0.3) is 0 Å². The number of nitrogens with one attached hydrogen (secondary N) is 1. The second-order valence-corrected chi connectivity index (χ2v) is 4.39. The molecular weight excluding hydrogens is 180 g/mol. The molecule has 0 radical (unpaired) electrons. The number of thiophene rings is 1. The lowest BCUT2D eigenvalue weighted by atomic mass is 10.2. The first-order valence-corrected chi connectivity index (χ1v) is 5.20. The monoisotopic (exact) mass is 192 g/mol. The topological polar surface area (TPSA) is 38.0 Å². The summed E-state index contributed by atoms with van der Waals surface area (Å²) in [4.78, 5) is 2.67. The maximum Gasteiger partial charge on any atom is 0.116 e. The molecule has 13 heavy (non-hydrogen) atoms. The van der Waals surface area contributed by atoms with Crippen molar-refractivity contribution in [3.8, 4) is 12.3 Å². The van der Waals surface area contributed by atoms with Crippen molar-refractivity contribution in [2.75, 3.05) is 0 Å². The van der Waals surface area contributed by atoms with Gasteiger partial charge in [0.05, 0.1) is 0 Å². The number of hydrogen-bond acceptors (Lipinski definition) is 3. The molecule has 2 nitrogen and oxygen atoms in total. The molecule has 2 rings (SSSR count). The molecule has 3 heteroatoms. The Labute approximate surface area is 82.1 Å². The molecule has 0 aromatic carbocycles. The minimum Gasteiger partial charge on any atom is -0.270 e. The van der Waals surface area contributed by atoms with Crippen molar-refractivity contribution in [2.24, 2.45) is 5.84 Å². The fourth-order valence-corrected chi connectivity index (χ4v) is 2.98. The van der Waals surface area contributed by atoms with Gasteiger partial charge in [0.2, 0.25) is 0 Å². The zero-order valence-electron chi connectivity index (χ0n) is 7.34. The highest BCUT2D eigenvalue weighted by Gasteiger charge is 2.17. The van der Waals surface area contributed by atoms with E-state index < -0.39 is 0 Å². The molecule has 0 aliphatic heterocycles. The van der Waals surface area contributed by atoms with Gasteiger partial charge in [-0.15, -0.1) is 17.8 Å². The summed E-state index contributed by atoms with van der Waals surface area (Å²) in [6, 6.07) is 2.08. The molecule has 68 valence electrons. The Morgan fingerprint density at radius 2 is 2.46 bits per heavy atom. The Bertz CT molecular complexity index is 327. The normalized spacial score (nSPS) is 16.6. The molecule has 0 saturated heterocycles. The van der Waals surface area contributed by atoms with E-state index in [0.29, 0.717) is 0 Å². The first-order chi connectivity index (χ1) is 6.35. The van der Waals surface area contributed by atoms with E-state index in [1.54, 1.807) is 11.3 Å². The second kappa shape index (κ2) is 3.51. The first-order valence-electron chi connectivity index (χ1n) is 4.39. The van der Waals surface area contributed by atoms with E-state index in [2.05, 4.69) is 17.4 Å². The van der Waals surface area contributed by atoms with Crippen LogP contribution >= 0.6 is 11.3 Å². The number of rotatable bonds is 2. The lowest BCUT2D eigenvalue weighted by molar-refractivity contribution is 0.683. The highest BCUT2D eigenvalue weighted by atomic mass is 32.1. The molecule has 0 fully saturated rings. The fraction of sp³-hybridized carbons (Fsp3) is 0.400. The molecular formula is C10H12N2S. The third-order valence-electron chi connectivity index (χ3n) is 2.38. The van der Waals surface area contributed by atoms with Gasteiger partial charge in [-0.3, -0.25) is 5.84 Å². The maximum atomic E-state index is 5.35. The van der Waals surface area contributed by atoms with Crippen LogP contribution in [0.4, 0.5) is 0 Å². The molecule has 0 spiro atoms. The number of hydrazine groups is 1. The van der Waals surface area contributed by atoms with Crippen LogP contribution < -0.4 is 11.3 Å². The lowest BCUT2D eigenvalue weighted by Crippen LogP contribution is -2.26. The van der Waals surface area contributed by atoms with Gasteiger partial charge in [0.15, 0.2) is 0 Å². The van der Waals surface area contributed by atoms with E-state index in [-0.39, 0.29) is 6.04 Å². The van der Waals surface area contributed by atoms with E-state index in [0.717, 1.165) is 0 Å². The highest BCUT2D eigenvalue weighted by molar-refractivity contribution is 7.12. The summed E-state index contributed by atoms with van der Waals surface area (Å²) in [5.41, 5.74) is 4.10. The quantitative estimate of drug-likeness (QED) is 0.422. The van der Waals surface area contributed by atoms with Gasteiger partial charge >= 0.3 is 0 Å². The van der Waals surface area contributed by atoms with E-state index >= 15 is 0 Å². The number of aryl methyl sites for hydroxylation is 2. The van der Waals surface area contributed by atoms with Crippen molar-refractivity contribution in [3.05, 3.63) is 21.4 Å². The number of fused-ring (bicyclic) bond motifs is 1. The van der Waals surface area contributed by atoms with Crippen molar-refractivity contribution in [1.82, 2.24) is 5.43 Å². The smallest absolute Gasteiger partial charge is 0.116 e. The van der Waals surface area contributed by atoms with Gasteiger partial charge in [-0.25, -0.2) is 5.43 Å². The molecule has 3 N–H and O–H groups in total. The first kappa shape index (κ1) is 8.76. The molecule has 0 amide bonds. The van der Waals surface area contributed by atoms with Gasteiger partial charge in [0.1, 0.15) is 6.04 Å². The Morgan fingerprint density at radius 1 is 1.62 bits per heavy atom. The van der Waals surface area contributed by atoms with E-state index in [1.807, 2.05) is 0 Å². The molecule has 1 aliphatic rings. The van der Waals surface area contributed by atoms with E-state index in [4.69, 9.17) is 12.3 Å². The maximum absolute atomic E-state index is 5.35. The van der Waals surface area contributed by atoms with Crippen LogP contribution in [-0.2, 0) is 12.8 Å². The van der Waals surface area contributed by atoms with Gasteiger partial charge in [0.25, 0.3) is 0 Å². The van der Waals surface area contributed by atoms with Crippen molar-refractivity contribution < 1.29 is 0 Å². The SMILES string of the molecule is C#CC(NN)c1cc2c(s1)CCC2. The summed E-state index contributed by atoms with van der Waals surface area (Å²) in [7, 11) is 0. The fourth-order valence-electron chi connectivity index (χ4n) is 1.71. The largest absolute Gasteiger partial charge is 0.270 e. The Hall–Kier alpha value is -0.820. The van der Waals surface area contributed by atoms with Gasteiger partial charge < -0.3 is 0 Å². The van der Waals surface area contributed by atoms with Crippen molar-refractivity contribution >= 4 is 11.3 Å². The number of terminal acetylenes is 1. The molecule has 1 unspecified atom stereocenters. The van der Waals surface area contributed by atoms with Gasteiger partial charge in [-0.05, 0) is 30.9 Å². The van der Waals surface area contributed by atoms with Crippen LogP contribution in [-0.4, -0.2) is 0 Å². The minimum atomic E-state index is -0.115. The Morgan fingerprint density at radius 3 is 3.08 bits per heavy atom. The Kier molecular flexibility index (Phi) is 2.36. The van der Waals surface area contributed by atoms with Crippen LogP contribution in [0, 0.1) is 12.3 Å². The second-order valence-electron chi connectivity index (χ2n) is 3.22. The third kappa shape index (κ3) is 1.49. The summed E-state index contributed by atoms with van der Waals surface area (Å²) in [6.07, 6.45) is 9.05. The molecule has 0 saturated carbocycles. The zero-order chi connectivity index (χ0) is 9.26. The van der Waals surface area contributed by atoms with Crippen molar-refractivity contribution in [3.63, 3.8) is 0 Å². The lowest BCUT2D eigenvalue weighted by Gasteiger charge is -2.05. The van der Waals surface area contributed by atoms with Gasteiger partial charge in [-0.2, -0.15) is 0 Å². The standard InChI is InChI=1S/C10H12N2S/c1-2-8(12-11)10-6-7-4-3-5-9(7)13-10/h1,6,8,12H,3-5,11H2. The molecule has 0 bridgehead atoms. The van der Waals surface area contributed by atoms with Crippen LogP contribution in [0.5, 0.6) is 0 Å². The average Bonchev–Trinajstić information content (AvgIpc) is 2.65. The molecule has 1 atom stereocenters. The number of nitrogens with two attached hydrogens (primary N) is 1. The van der Waals surface area contributed by atoms with Crippen molar-refractivity contribution in [1.29, 1.82) is 0 Å². The summed E-state index contributed by atoms with van der Waals surface area (Å²) in [6.45, 7) is 0. The van der Waals surface area contributed by atoms with Gasteiger partial charge in [-0.1, -0.05) is 5.92 Å². The number of hydrogen-bond donors (Lipinski definition) is 2. The predicted molar refractivity (Wildman–Crippen MR) is 55.2 cm³/mol. The minimum absolute atomic E-state index is 0.115.